The number of benzene rings is 2. The number of pyridine rings is 1. The van der Waals surface area contributed by atoms with E-state index in [9.17, 15) is 5.26 Å². The summed E-state index contributed by atoms with van der Waals surface area (Å²) in [5, 5.41) is 14.5. The zero-order chi connectivity index (χ0) is 20.1. The monoisotopic (exact) mass is 440 g/mol. The lowest BCUT2D eigenvalue weighted by Gasteiger charge is -2.23. The van der Waals surface area contributed by atoms with E-state index in [-0.39, 0.29) is 0 Å². The van der Waals surface area contributed by atoms with Gasteiger partial charge in [0.1, 0.15) is 11.9 Å². The first-order chi connectivity index (χ1) is 14.1. The fourth-order valence-corrected chi connectivity index (χ4v) is 4.74. The third-order valence-electron chi connectivity index (χ3n) is 5.42. The molecule has 0 amide bonds. The lowest BCUT2D eigenvalue weighted by Crippen LogP contribution is -2.13. The van der Waals surface area contributed by atoms with Gasteiger partial charge < -0.3 is 5.32 Å². The molecule has 0 spiro atoms. The highest BCUT2D eigenvalue weighted by atomic mass is 35.5. The minimum absolute atomic E-state index is 0.332. The zero-order valence-corrected chi connectivity index (χ0v) is 17.5. The lowest BCUT2D eigenvalue weighted by molar-refractivity contribution is 0.682. The largest absolute Gasteiger partial charge is 0.341 e. The molecule has 0 fully saturated rings. The van der Waals surface area contributed by atoms with Gasteiger partial charge in [-0.05, 0) is 61.1 Å². The molecule has 2 aromatic carbocycles. The summed E-state index contributed by atoms with van der Waals surface area (Å²) < 4.78 is 2.04. The van der Waals surface area contributed by atoms with Crippen LogP contribution >= 0.6 is 34.8 Å². The zero-order valence-electron chi connectivity index (χ0n) is 15.3. The number of nitrogens with one attached hydrogen (secondary N) is 1. The summed E-state index contributed by atoms with van der Waals surface area (Å²) in [5.41, 5.74) is 6.08. The first-order valence-electron chi connectivity index (χ1n) is 9.35. The molecule has 0 saturated carbocycles. The van der Waals surface area contributed by atoms with Crippen molar-refractivity contribution in [1.82, 2.24) is 9.38 Å². The van der Waals surface area contributed by atoms with Gasteiger partial charge in [-0.1, -0.05) is 46.9 Å². The van der Waals surface area contributed by atoms with E-state index >= 15 is 0 Å². The Morgan fingerprint density at radius 2 is 1.69 bits per heavy atom. The molecule has 4 aromatic rings. The van der Waals surface area contributed by atoms with Crippen molar-refractivity contribution in [1.29, 1.82) is 5.26 Å². The fraction of sp³-hybridized carbons (Fsp3) is 0.182. The van der Waals surface area contributed by atoms with E-state index in [0.717, 1.165) is 59.3 Å². The average Bonchev–Trinajstić information content (AvgIpc) is 3.11. The van der Waals surface area contributed by atoms with Crippen molar-refractivity contribution < 1.29 is 0 Å². The maximum atomic E-state index is 9.93. The van der Waals surface area contributed by atoms with Crippen molar-refractivity contribution in [2.24, 2.45) is 0 Å². The van der Waals surface area contributed by atoms with Gasteiger partial charge in [-0.2, -0.15) is 5.26 Å². The van der Waals surface area contributed by atoms with Crippen LogP contribution in [0.5, 0.6) is 0 Å². The van der Waals surface area contributed by atoms with Gasteiger partial charge in [-0.3, -0.25) is 4.40 Å². The van der Waals surface area contributed by atoms with Crippen molar-refractivity contribution >= 4 is 63.0 Å². The second kappa shape index (κ2) is 7.11. The summed E-state index contributed by atoms with van der Waals surface area (Å²) in [7, 11) is 0. The minimum atomic E-state index is 0.332. The molecule has 2 heterocycles. The molecular formula is C22H15Cl3N4. The SMILES string of the molecule is N#Cc1c2c(c(Nc3cc(Cl)c(Cl)c(Cl)c3)n3c1nc1ccccc13)CCCC2. The Kier molecular flexibility index (Phi) is 4.55. The number of nitrogens with zero attached hydrogens (tertiary/aromatic N) is 3. The van der Waals surface area contributed by atoms with E-state index in [1.165, 1.54) is 0 Å². The highest BCUT2D eigenvalue weighted by molar-refractivity contribution is 6.48. The van der Waals surface area contributed by atoms with Crippen molar-refractivity contribution in [2.45, 2.75) is 25.7 Å². The van der Waals surface area contributed by atoms with Gasteiger partial charge in [0.2, 0.25) is 0 Å². The summed E-state index contributed by atoms with van der Waals surface area (Å²) in [6.45, 7) is 0. The minimum Gasteiger partial charge on any atom is -0.341 e. The van der Waals surface area contributed by atoms with Gasteiger partial charge in [-0.25, -0.2) is 4.98 Å². The van der Waals surface area contributed by atoms with Gasteiger partial charge in [-0.15, -0.1) is 0 Å². The van der Waals surface area contributed by atoms with Gasteiger partial charge >= 0.3 is 0 Å². The van der Waals surface area contributed by atoms with E-state index in [2.05, 4.69) is 11.4 Å². The van der Waals surface area contributed by atoms with E-state index in [4.69, 9.17) is 39.8 Å². The number of para-hydroxylation sites is 2. The molecule has 5 rings (SSSR count). The van der Waals surface area contributed by atoms with Gasteiger partial charge in [0.05, 0.1) is 31.7 Å². The molecule has 0 bridgehead atoms. The van der Waals surface area contributed by atoms with Crippen molar-refractivity contribution in [2.75, 3.05) is 5.32 Å². The smallest absolute Gasteiger partial charge is 0.157 e. The summed E-state index contributed by atoms with van der Waals surface area (Å²) in [6, 6.07) is 13.8. The summed E-state index contributed by atoms with van der Waals surface area (Å²) in [4.78, 5) is 4.77. The Bertz CT molecular complexity index is 1310. The van der Waals surface area contributed by atoms with Crippen LogP contribution < -0.4 is 5.32 Å². The fourth-order valence-electron chi connectivity index (χ4n) is 4.15. The molecule has 0 unspecified atom stereocenters. The number of anilines is 2. The summed E-state index contributed by atoms with van der Waals surface area (Å²) >= 11 is 18.6. The number of nitriles is 1. The van der Waals surface area contributed by atoms with Crippen molar-refractivity contribution in [3.05, 3.63) is 68.2 Å². The maximum Gasteiger partial charge on any atom is 0.157 e. The van der Waals surface area contributed by atoms with Crippen LogP contribution in [-0.4, -0.2) is 9.38 Å². The number of halogens is 3. The third-order valence-corrected chi connectivity index (χ3v) is 6.62. The normalized spacial score (nSPS) is 13.4. The Hall–Kier alpha value is -2.45. The van der Waals surface area contributed by atoms with Crippen LogP contribution in [0.15, 0.2) is 36.4 Å². The Labute approximate surface area is 182 Å². The average molecular weight is 442 g/mol. The Balaban J connectivity index is 1.85. The van der Waals surface area contributed by atoms with Crippen molar-refractivity contribution in [3.8, 4) is 6.07 Å². The third kappa shape index (κ3) is 2.93. The molecule has 2 aromatic heterocycles. The number of imidazole rings is 1. The van der Waals surface area contributed by atoms with Crippen LogP contribution in [0.4, 0.5) is 11.5 Å². The molecule has 1 aliphatic rings. The first-order valence-corrected chi connectivity index (χ1v) is 10.5. The number of aromatic nitrogens is 2. The molecule has 7 heteroatoms. The quantitative estimate of drug-likeness (QED) is 0.343. The lowest BCUT2D eigenvalue weighted by atomic mass is 9.89. The standard InChI is InChI=1S/C22H15Cl3N4/c23-16-9-12(10-17(24)20(16)25)27-21-14-6-2-1-5-13(14)15(11-26)22-28-18-7-3-4-8-19(18)29(21)22/h3-4,7-10,27H,1-2,5-6H2. The molecule has 1 N–H and O–H groups in total. The molecule has 0 saturated heterocycles. The van der Waals surface area contributed by atoms with E-state index in [0.29, 0.717) is 26.3 Å². The van der Waals surface area contributed by atoms with Crippen LogP contribution in [0.25, 0.3) is 16.7 Å². The highest BCUT2D eigenvalue weighted by Gasteiger charge is 2.25. The first kappa shape index (κ1) is 18.6. The molecule has 0 aliphatic heterocycles. The molecule has 144 valence electrons. The molecule has 4 nitrogen and oxygen atoms in total. The maximum absolute atomic E-state index is 9.93. The van der Waals surface area contributed by atoms with Crippen LogP contribution in [0.3, 0.4) is 0 Å². The second-order valence-electron chi connectivity index (χ2n) is 7.14. The number of hydrogen-bond donors (Lipinski definition) is 1. The van der Waals surface area contributed by atoms with E-state index in [1.54, 1.807) is 12.1 Å². The summed E-state index contributed by atoms with van der Waals surface area (Å²) in [5.74, 6) is 0.900. The van der Waals surface area contributed by atoms with Crippen LogP contribution in [0.2, 0.25) is 15.1 Å². The molecule has 1 aliphatic carbocycles. The Morgan fingerprint density at radius 3 is 2.41 bits per heavy atom. The predicted octanol–water partition coefficient (Wildman–Crippen LogP) is 6.94. The van der Waals surface area contributed by atoms with Crippen LogP contribution in [-0.2, 0) is 12.8 Å². The molecule has 29 heavy (non-hydrogen) atoms. The van der Waals surface area contributed by atoms with E-state index in [1.807, 2.05) is 28.7 Å². The van der Waals surface area contributed by atoms with Gasteiger partial charge in [0, 0.05) is 5.69 Å². The van der Waals surface area contributed by atoms with E-state index < -0.39 is 0 Å². The molecule has 0 atom stereocenters. The highest BCUT2D eigenvalue weighted by Crippen LogP contribution is 2.39. The predicted molar refractivity (Wildman–Crippen MR) is 119 cm³/mol. The molecule has 0 radical (unpaired) electrons. The van der Waals surface area contributed by atoms with Gasteiger partial charge in [0.15, 0.2) is 5.65 Å². The number of fused-ring (bicyclic) bond motifs is 4. The molecular weight excluding hydrogens is 427 g/mol. The van der Waals surface area contributed by atoms with Gasteiger partial charge in [0.25, 0.3) is 0 Å². The van der Waals surface area contributed by atoms with Crippen LogP contribution in [0.1, 0.15) is 29.5 Å². The number of hydrogen-bond acceptors (Lipinski definition) is 3. The van der Waals surface area contributed by atoms with Crippen LogP contribution in [0, 0.1) is 11.3 Å². The topological polar surface area (TPSA) is 53.1 Å². The number of rotatable bonds is 2. The van der Waals surface area contributed by atoms with Crippen molar-refractivity contribution in [3.63, 3.8) is 0 Å². The summed E-state index contributed by atoms with van der Waals surface area (Å²) in [6.07, 6.45) is 3.90. The second-order valence-corrected chi connectivity index (χ2v) is 8.33. The Morgan fingerprint density at radius 1 is 1.00 bits per heavy atom.